The summed E-state index contributed by atoms with van der Waals surface area (Å²) >= 11 is 1.72. The number of rotatable bonds is 7. The van der Waals surface area contributed by atoms with Crippen LogP contribution in [-0.4, -0.2) is 29.0 Å². The topological polar surface area (TPSA) is 28.2 Å². The number of hydrogen-bond acceptors (Lipinski definition) is 4. The number of nitrogens with zero attached hydrogens (tertiary/aromatic N) is 2. The van der Waals surface area contributed by atoms with E-state index in [1.807, 2.05) is 11.6 Å². The van der Waals surface area contributed by atoms with Crippen LogP contribution in [0.15, 0.2) is 66.2 Å². The van der Waals surface area contributed by atoms with Crippen LogP contribution in [0.4, 0.5) is 0 Å². The van der Waals surface area contributed by atoms with Gasteiger partial charge in [-0.2, -0.15) is 0 Å². The van der Waals surface area contributed by atoms with Crippen molar-refractivity contribution in [1.29, 1.82) is 0 Å². The van der Waals surface area contributed by atoms with E-state index in [0.29, 0.717) is 0 Å². The molecular formula is C22H25N3S. The first kappa shape index (κ1) is 17.4. The number of likely N-dealkylation sites (N-methyl/N-ethyl adjacent to an activating group) is 1. The molecule has 3 nitrogen and oxygen atoms in total. The second kappa shape index (κ2) is 7.70. The Balaban J connectivity index is 1.51. The third kappa shape index (κ3) is 3.73. The maximum Gasteiger partial charge on any atom is 0.106 e. The van der Waals surface area contributed by atoms with Gasteiger partial charge in [0.25, 0.3) is 0 Å². The summed E-state index contributed by atoms with van der Waals surface area (Å²) in [6.45, 7) is 2.77. The smallest absolute Gasteiger partial charge is 0.106 e. The van der Waals surface area contributed by atoms with E-state index in [1.54, 1.807) is 11.3 Å². The third-order valence-electron chi connectivity index (χ3n) is 5.44. The van der Waals surface area contributed by atoms with Gasteiger partial charge in [-0.1, -0.05) is 54.6 Å². The summed E-state index contributed by atoms with van der Waals surface area (Å²) in [6, 6.07) is 19.7. The number of thiazole rings is 1. The first-order valence-electron chi connectivity index (χ1n) is 9.16. The Morgan fingerprint density at radius 2 is 1.73 bits per heavy atom. The molecule has 2 aromatic carbocycles. The van der Waals surface area contributed by atoms with Crippen molar-refractivity contribution in [2.45, 2.75) is 31.5 Å². The lowest BCUT2D eigenvalue weighted by molar-refractivity contribution is 0.117. The van der Waals surface area contributed by atoms with Crippen LogP contribution in [-0.2, 0) is 25.9 Å². The average Bonchev–Trinajstić information content (AvgIpc) is 3.30. The molecule has 0 saturated heterocycles. The molecule has 0 amide bonds. The van der Waals surface area contributed by atoms with E-state index >= 15 is 0 Å². The summed E-state index contributed by atoms with van der Waals surface area (Å²) < 4.78 is 0. The van der Waals surface area contributed by atoms with Crippen molar-refractivity contribution >= 4 is 11.3 Å². The molecule has 0 radical (unpaired) electrons. The number of aromatic nitrogens is 1. The summed E-state index contributed by atoms with van der Waals surface area (Å²) in [5.41, 5.74) is 4.45. The molecule has 3 aromatic rings. The fourth-order valence-corrected chi connectivity index (χ4v) is 4.56. The van der Waals surface area contributed by atoms with Crippen molar-refractivity contribution in [2.75, 3.05) is 13.6 Å². The van der Waals surface area contributed by atoms with Gasteiger partial charge in [-0.15, -0.1) is 11.3 Å². The van der Waals surface area contributed by atoms with Gasteiger partial charge in [-0.05, 0) is 36.6 Å². The summed E-state index contributed by atoms with van der Waals surface area (Å²) in [4.78, 5) is 6.94. The monoisotopic (exact) mass is 363 g/mol. The summed E-state index contributed by atoms with van der Waals surface area (Å²) in [5, 5.41) is 6.87. The number of benzene rings is 2. The molecule has 1 heterocycles. The van der Waals surface area contributed by atoms with Crippen LogP contribution in [0, 0.1) is 0 Å². The number of fused-ring (bicyclic) bond motifs is 1. The SMILES string of the molecule is CN(Cc1ccccc1)C1(CNCc2nccs2)Cc2ccccc2C1. The third-order valence-corrected chi connectivity index (χ3v) is 6.22. The van der Waals surface area contributed by atoms with E-state index in [4.69, 9.17) is 0 Å². The van der Waals surface area contributed by atoms with Crippen LogP contribution < -0.4 is 5.32 Å². The van der Waals surface area contributed by atoms with Crippen molar-refractivity contribution in [2.24, 2.45) is 0 Å². The second-order valence-electron chi connectivity index (χ2n) is 7.22. The van der Waals surface area contributed by atoms with Crippen molar-refractivity contribution < 1.29 is 0 Å². The van der Waals surface area contributed by atoms with Gasteiger partial charge >= 0.3 is 0 Å². The van der Waals surface area contributed by atoms with Crippen LogP contribution in [0.25, 0.3) is 0 Å². The number of nitrogens with one attached hydrogen (secondary N) is 1. The molecule has 4 rings (SSSR count). The van der Waals surface area contributed by atoms with Crippen molar-refractivity contribution in [3.8, 4) is 0 Å². The quantitative estimate of drug-likeness (QED) is 0.690. The predicted molar refractivity (Wildman–Crippen MR) is 108 cm³/mol. The van der Waals surface area contributed by atoms with Crippen LogP contribution in [0.2, 0.25) is 0 Å². The standard InChI is InChI=1S/C22H25N3S/c1-25(16-18-7-3-2-4-8-18)22(17-23-15-21-24-11-12-26-21)13-19-9-5-6-10-20(19)14-22/h2-12,23H,13-17H2,1H3. The zero-order chi connectivity index (χ0) is 17.8. The van der Waals surface area contributed by atoms with Gasteiger partial charge in [0.1, 0.15) is 5.01 Å². The van der Waals surface area contributed by atoms with Crippen LogP contribution >= 0.6 is 11.3 Å². The Kier molecular flexibility index (Phi) is 5.16. The van der Waals surface area contributed by atoms with Gasteiger partial charge in [0.2, 0.25) is 0 Å². The van der Waals surface area contributed by atoms with E-state index in [9.17, 15) is 0 Å². The average molecular weight is 364 g/mol. The highest BCUT2D eigenvalue weighted by atomic mass is 32.1. The normalized spacial score (nSPS) is 15.3. The highest BCUT2D eigenvalue weighted by Crippen LogP contribution is 2.34. The Morgan fingerprint density at radius 1 is 1.04 bits per heavy atom. The molecule has 0 spiro atoms. The number of hydrogen-bond donors (Lipinski definition) is 1. The fourth-order valence-electron chi connectivity index (χ4n) is 3.97. The zero-order valence-electron chi connectivity index (χ0n) is 15.2. The van der Waals surface area contributed by atoms with E-state index in [1.165, 1.54) is 16.7 Å². The molecule has 0 aliphatic heterocycles. The van der Waals surface area contributed by atoms with E-state index in [2.05, 4.69) is 76.8 Å². The maximum atomic E-state index is 4.40. The first-order chi connectivity index (χ1) is 12.8. The van der Waals surface area contributed by atoms with Gasteiger partial charge in [0, 0.05) is 36.8 Å². The Hall–Kier alpha value is -2.01. The highest BCUT2D eigenvalue weighted by molar-refractivity contribution is 7.09. The lowest BCUT2D eigenvalue weighted by Gasteiger charge is -2.39. The predicted octanol–water partition coefficient (Wildman–Crippen LogP) is 3.90. The van der Waals surface area contributed by atoms with Gasteiger partial charge < -0.3 is 5.32 Å². The van der Waals surface area contributed by atoms with Crippen molar-refractivity contribution in [3.05, 3.63) is 87.9 Å². The largest absolute Gasteiger partial charge is 0.309 e. The highest BCUT2D eigenvalue weighted by Gasteiger charge is 2.40. The molecule has 0 bridgehead atoms. The summed E-state index contributed by atoms with van der Waals surface area (Å²) in [7, 11) is 2.27. The van der Waals surface area contributed by atoms with Crippen LogP contribution in [0.1, 0.15) is 21.7 Å². The Labute approximate surface area is 159 Å². The Morgan fingerprint density at radius 3 is 2.38 bits per heavy atom. The van der Waals surface area contributed by atoms with E-state index in [-0.39, 0.29) is 5.54 Å². The van der Waals surface area contributed by atoms with Gasteiger partial charge in [0.05, 0.1) is 0 Å². The molecular weight excluding hydrogens is 338 g/mol. The second-order valence-corrected chi connectivity index (χ2v) is 8.20. The summed E-state index contributed by atoms with van der Waals surface area (Å²) in [5.74, 6) is 0. The Bertz CT molecular complexity index is 805. The molecule has 1 aliphatic carbocycles. The van der Waals surface area contributed by atoms with Crippen LogP contribution in [0.3, 0.4) is 0 Å². The van der Waals surface area contributed by atoms with Gasteiger partial charge in [-0.3, -0.25) is 4.90 Å². The minimum absolute atomic E-state index is 0.108. The van der Waals surface area contributed by atoms with Crippen molar-refractivity contribution in [1.82, 2.24) is 15.2 Å². The minimum Gasteiger partial charge on any atom is -0.309 e. The molecule has 1 aromatic heterocycles. The zero-order valence-corrected chi connectivity index (χ0v) is 16.0. The van der Waals surface area contributed by atoms with Gasteiger partial charge in [-0.25, -0.2) is 4.98 Å². The van der Waals surface area contributed by atoms with E-state index in [0.717, 1.165) is 37.5 Å². The van der Waals surface area contributed by atoms with Crippen molar-refractivity contribution in [3.63, 3.8) is 0 Å². The summed E-state index contributed by atoms with van der Waals surface area (Å²) in [6.07, 6.45) is 4.07. The lowest BCUT2D eigenvalue weighted by atomic mass is 9.92. The molecule has 0 atom stereocenters. The molecule has 26 heavy (non-hydrogen) atoms. The first-order valence-corrected chi connectivity index (χ1v) is 10.0. The molecule has 0 unspecified atom stereocenters. The maximum absolute atomic E-state index is 4.40. The van der Waals surface area contributed by atoms with E-state index < -0.39 is 0 Å². The molecule has 4 heteroatoms. The lowest BCUT2D eigenvalue weighted by Crippen LogP contribution is -2.53. The molecule has 0 saturated carbocycles. The van der Waals surface area contributed by atoms with Crippen LogP contribution in [0.5, 0.6) is 0 Å². The molecule has 0 fully saturated rings. The molecule has 134 valence electrons. The minimum atomic E-state index is 0.108. The molecule has 1 N–H and O–H groups in total. The van der Waals surface area contributed by atoms with Gasteiger partial charge in [0.15, 0.2) is 0 Å². The fraction of sp³-hybridized carbons (Fsp3) is 0.318. The molecule has 1 aliphatic rings.